The van der Waals surface area contributed by atoms with Crippen LogP contribution >= 0.6 is 0 Å². The maximum atomic E-state index is 12.7. The molecule has 2 N–H and O–H groups in total. The van der Waals surface area contributed by atoms with E-state index in [9.17, 15) is 13.2 Å². The number of rotatable bonds is 2. The number of hydrogen-bond acceptors (Lipinski definition) is 3. The molecule has 2 heterocycles. The van der Waals surface area contributed by atoms with Crippen LogP contribution in [-0.2, 0) is 6.18 Å². The maximum absolute atomic E-state index is 12.7. The normalized spacial score (nSPS) is 13.3. The number of halogens is 3. The van der Waals surface area contributed by atoms with Crippen LogP contribution in [0.5, 0.6) is 0 Å². The van der Waals surface area contributed by atoms with Crippen LogP contribution in [0.1, 0.15) is 30.0 Å². The molecule has 106 valence electrons. The van der Waals surface area contributed by atoms with Gasteiger partial charge in [-0.1, -0.05) is 6.07 Å². The lowest BCUT2D eigenvalue weighted by Crippen LogP contribution is -2.09. The summed E-state index contributed by atoms with van der Waals surface area (Å²) in [6.07, 6.45) is -3.31. The minimum absolute atomic E-state index is 0.217. The SMILES string of the molecule is Cc1nc([C@H](C)N)ccc1-c1ccnc(C(F)(F)F)c1. The van der Waals surface area contributed by atoms with Crippen molar-refractivity contribution in [2.75, 3.05) is 0 Å². The fourth-order valence-electron chi connectivity index (χ4n) is 1.89. The monoisotopic (exact) mass is 281 g/mol. The summed E-state index contributed by atoms with van der Waals surface area (Å²) in [6, 6.07) is 5.79. The lowest BCUT2D eigenvalue weighted by atomic mass is 10.0. The maximum Gasteiger partial charge on any atom is 0.433 e. The highest BCUT2D eigenvalue weighted by atomic mass is 19.4. The number of aryl methyl sites for hydroxylation is 1. The van der Waals surface area contributed by atoms with Gasteiger partial charge in [-0.05, 0) is 37.6 Å². The Labute approximate surface area is 114 Å². The molecule has 0 aliphatic carbocycles. The first-order chi connectivity index (χ1) is 9.29. The van der Waals surface area contributed by atoms with Crippen LogP contribution in [0.2, 0.25) is 0 Å². The van der Waals surface area contributed by atoms with Crippen molar-refractivity contribution in [2.24, 2.45) is 5.73 Å². The number of alkyl halides is 3. The number of nitrogens with zero attached hydrogens (tertiary/aromatic N) is 2. The molecular weight excluding hydrogens is 267 g/mol. The molecule has 0 amide bonds. The summed E-state index contributed by atoms with van der Waals surface area (Å²) in [7, 11) is 0. The first-order valence-corrected chi connectivity index (χ1v) is 6.06. The van der Waals surface area contributed by atoms with Crippen LogP contribution in [0, 0.1) is 6.92 Å². The van der Waals surface area contributed by atoms with Crippen LogP contribution in [0.4, 0.5) is 13.2 Å². The Kier molecular flexibility index (Phi) is 3.76. The molecular formula is C14H14F3N3. The van der Waals surface area contributed by atoms with E-state index < -0.39 is 11.9 Å². The van der Waals surface area contributed by atoms with Crippen LogP contribution in [-0.4, -0.2) is 9.97 Å². The van der Waals surface area contributed by atoms with E-state index in [2.05, 4.69) is 9.97 Å². The number of pyridine rings is 2. The van der Waals surface area contributed by atoms with Crippen LogP contribution in [0.25, 0.3) is 11.1 Å². The summed E-state index contributed by atoms with van der Waals surface area (Å²) in [5.41, 5.74) is 7.24. The van der Waals surface area contributed by atoms with E-state index in [0.717, 1.165) is 12.3 Å². The Balaban J connectivity index is 2.47. The number of hydrogen-bond donors (Lipinski definition) is 1. The molecule has 6 heteroatoms. The van der Waals surface area contributed by atoms with Crippen molar-refractivity contribution < 1.29 is 13.2 Å². The van der Waals surface area contributed by atoms with E-state index in [1.165, 1.54) is 6.07 Å². The van der Waals surface area contributed by atoms with Crippen molar-refractivity contribution in [1.29, 1.82) is 0 Å². The molecule has 0 saturated heterocycles. The molecule has 0 spiro atoms. The Bertz CT molecular complexity index is 621. The standard InChI is InChI=1S/C14H14F3N3/c1-8(18)12-4-3-11(9(2)20-12)10-5-6-19-13(7-10)14(15,16)17/h3-8H,18H2,1-2H3/t8-/m0/s1. The van der Waals surface area contributed by atoms with Crippen molar-refractivity contribution in [3.63, 3.8) is 0 Å². The first-order valence-electron chi connectivity index (χ1n) is 6.06. The Morgan fingerprint density at radius 3 is 2.45 bits per heavy atom. The topological polar surface area (TPSA) is 51.8 Å². The average molecular weight is 281 g/mol. The zero-order valence-corrected chi connectivity index (χ0v) is 11.1. The lowest BCUT2D eigenvalue weighted by Gasteiger charge is -2.11. The van der Waals surface area contributed by atoms with Gasteiger partial charge in [0, 0.05) is 23.5 Å². The van der Waals surface area contributed by atoms with E-state index in [1.54, 1.807) is 26.0 Å². The fraction of sp³-hybridized carbons (Fsp3) is 0.286. The van der Waals surface area contributed by atoms with E-state index in [0.29, 0.717) is 22.5 Å². The van der Waals surface area contributed by atoms with Crippen molar-refractivity contribution in [2.45, 2.75) is 26.1 Å². The van der Waals surface area contributed by atoms with Gasteiger partial charge in [0.15, 0.2) is 0 Å². The predicted molar refractivity (Wildman–Crippen MR) is 69.8 cm³/mol. The fourth-order valence-corrected chi connectivity index (χ4v) is 1.89. The highest BCUT2D eigenvalue weighted by Gasteiger charge is 2.32. The molecule has 20 heavy (non-hydrogen) atoms. The molecule has 2 aromatic heterocycles. The summed E-state index contributed by atoms with van der Waals surface area (Å²) in [5, 5.41) is 0. The largest absolute Gasteiger partial charge is 0.433 e. The second kappa shape index (κ2) is 5.20. The van der Waals surface area contributed by atoms with E-state index in [4.69, 9.17) is 5.73 Å². The Morgan fingerprint density at radius 1 is 1.20 bits per heavy atom. The zero-order valence-electron chi connectivity index (χ0n) is 11.1. The van der Waals surface area contributed by atoms with Crippen LogP contribution in [0.3, 0.4) is 0 Å². The minimum atomic E-state index is -4.46. The summed E-state index contributed by atoms with van der Waals surface area (Å²) in [5.74, 6) is 0. The van der Waals surface area contributed by atoms with Crippen molar-refractivity contribution >= 4 is 0 Å². The van der Waals surface area contributed by atoms with E-state index in [1.807, 2.05) is 0 Å². The number of nitrogens with two attached hydrogens (primary N) is 1. The molecule has 2 rings (SSSR count). The van der Waals surface area contributed by atoms with Gasteiger partial charge in [-0.2, -0.15) is 13.2 Å². The summed E-state index contributed by atoms with van der Waals surface area (Å²) in [4.78, 5) is 7.66. The van der Waals surface area contributed by atoms with Crippen molar-refractivity contribution in [3.8, 4) is 11.1 Å². The number of aromatic nitrogens is 2. The molecule has 3 nitrogen and oxygen atoms in total. The molecule has 0 fully saturated rings. The van der Waals surface area contributed by atoms with Crippen molar-refractivity contribution in [3.05, 3.63) is 47.5 Å². The minimum Gasteiger partial charge on any atom is -0.323 e. The Morgan fingerprint density at radius 2 is 1.90 bits per heavy atom. The molecule has 0 aliphatic heterocycles. The molecule has 2 aromatic rings. The van der Waals surface area contributed by atoms with Crippen LogP contribution in [0.15, 0.2) is 30.5 Å². The quantitative estimate of drug-likeness (QED) is 0.916. The van der Waals surface area contributed by atoms with Crippen molar-refractivity contribution in [1.82, 2.24) is 9.97 Å². The third-order valence-corrected chi connectivity index (χ3v) is 2.94. The van der Waals surface area contributed by atoms with Gasteiger partial charge >= 0.3 is 6.18 Å². The summed E-state index contributed by atoms with van der Waals surface area (Å²) >= 11 is 0. The highest BCUT2D eigenvalue weighted by molar-refractivity contribution is 5.66. The first kappa shape index (κ1) is 14.5. The third kappa shape index (κ3) is 2.96. The summed E-state index contributed by atoms with van der Waals surface area (Å²) < 4.78 is 38.0. The third-order valence-electron chi connectivity index (χ3n) is 2.94. The molecule has 1 atom stereocenters. The molecule has 0 aliphatic rings. The average Bonchev–Trinajstić information content (AvgIpc) is 2.37. The highest BCUT2D eigenvalue weighted by Crippen LogP contribution is 2.31. The molecule has 0 unspecified atom stereocenters. The lowest BCUT2D eigenvalue weighted by molar-refractivity contribution is -0.141. The molecule has 0 bridgehead atoms. The smallest absolute Gasteiger partial charge is 0.323 e. The zero-order chi connectivity index (χ0) is 14.9. The van der Waals surface area contributed by atoms with Gasteiger partial charge in [-0.15, -0.1) is 0 Å². The van der Waals surface area contributed by atoms with Gasteiger partial charge in [-0.3, -0.25) is 9.97 Å². The van der Waals surface area contributed by atoms with Gasteiger partial charge in [-0.25, -0.2) is 0 Å². The summed E-state index contributed by atoms with van der Waals surface area (Å²) in [6.45, 7) is 3.55. The second-order valence-corrected chi connectivity index (χ2v) is 4.59. The van der Waals surface area contributed by atoms with Gasteiger partial charge in [0.2, 0.25) is 0 Å². The van der Waals surface area contributed by atoms with Gasteiger partial charge in [0.25, 0.3) is 0 Å². The molecule has 0 aromatic carbocycles. The molecule has 0 radical (unpaired) electrons. The second-order valence-electron chi connectivity index (χ2n) is 4.59. The Hall–Kier alpha value is -1.95. The van der Waals surface area contributed by atoms with E-state index >= 15 is 0 Å². The predicted octanol–water partition coefficient (Wildman–Crippen LogP) is 3.49. The van der Waals surface area contributed by atoms with Gasteiger partial charge < -0.3 is 5.73 Å². The molecule has 0 saturated carbocycles. The van der Waals surface area contributed by atoms with Gasteiger partial charge in [0.05, 0.1) is 5.69 Å². The van der Waals surface area contributed by atoms with Crippen LogP contribution < -0.4 is 5.73 Å². The van der Waals surface area contributed by atoms with E-state index in [-0.39, 0.29) is 6.04 Å². The van der Waals surface area contributed by atoms with Gasteiger partial charge in [0.1, 0.15) is 5.69 Å².